The second-order valence-corrected chi connectivity index (χ2v) is 7.26. The van der Waals surface area contributed by atoms with Crippen molar-refractivity contribution in [2.45, 2.75) is 52.9 Å². The van der Waals surface area contributed by atoms with E-state index in [1.165, 1.54) is 11.3 Å². The zero-order valence-corrected chi connectivity index (χ0v) is 14.1. The van der Waals surface area contributed by atoms with E-state index in [0.29, 0.717) is 5.92 Å². The van der Waals surface area contributed by atoms with Crippen molar-refractivity contribution in [3.8, 4) is 0 Å². The first kappa shape index (κ1) is 16.3. The highest BCUT2D eigenvalue weighted by atomic mass is 16.5. The van der Waals surface area contributed by atoms with Crippen LogP contribution in [0.5, 0.6) is 0 Å². The van der Waals surface area contributed by atoms with Gasteiger partial charge in [0.1, 0.15) is 0 Å². The van der Waals surface area contributed by atoms with Gasteiger partial charge in [-0.25, -0.2) is 0 Å². The molecule has 1 heterocycles. The Morgan fingerprint density at radius 1 is 1.29 bits per heavy atom. The highest BCUT2D eigenvalue weighted by Gasteiger charge is 2.31. The number of nitrogens with zero attached hydrogens (tertiary/aromatic N) is 1. The fourth-order valence-corrected chi connectivity index (χ4v) is 2.98. The molecule has 0 spiro atoms. The van der Waals surface area contributed by atoms with Gasteiger partial charge in [-0.05, 0) is 50.9 Å². The van der Waals surface area contributed by atoms with Crippen LogP contribution in [0.3, 0.4) is 0 Å². The van der Waals surface area contributed by atoms with Gasteiger partial charge in [-0.3, -0.25) is 0 Å². The molecule has 1 saturated heterocycles. The van der Waals surface area contributed by atoms with E-state index in [4.69, 9.17) is 4.74 Å². The van der Waals surface area contributed by atoms with Gasteiger partial charge >= 0.3 is 0 Å². The van der Waals surface area contributed by atoms with Crippen LogP contribution in [-0.4, -0.2) is 31.3 Å². The molecule has 21 heavy (non-hydrogen) atoms. The Labute approximate surface area is 129 Å². The van der Waals surface area contributed by atoms with Gasteiger partial charge in [0.05, 0.1) is 11.7 Å². The molecule has 2 rings (SSSR count). The third kappa shape index (κ3) is 5.01. The van der Waals surface area contributed by atoms with Crippen molar-refractivity contribution in [2.24, 2.45) is 5.92 Å². The lowest BCUT2D eigenvalue weighted by Crippen LogP contribution is -2.52. The number of rotatable bonds is 5. The van der Waals surface area contributed by atoms with Crippen molar-refractivity contribution in [3.63, 3.8) is 0 Å². The van der Waals surface area contributed by atoms with Crippen LogP contribution in [0.1, 0.15) is 40.2 Å². The summed E-state index contributed by atoms with van der Waals surface area (Å²) in [5.74, 6) is 0.696. The van der Waals surface area contributed by atoms with E-state index in [1.54, 1.807) is 0 Å². The zero-order chi connectivity index (χ0) is 15.5. The van der Waals surface area contributed by atoms with Crippen LogP contribution < -0.4 is 10.2 Å². The average Bonchev–Trinajstić information content (AvgIpc) is 2.36. The zero-order valence-electron chi connectivity index (χ0n) is 14.1. The highest BCUT2D eigenvalue weighted by molar-refractivity contribution is 5.48. The fourth-order valence-electron chi connectivity index (χ4n) is 2.98. The largest absolute Gasteiger partial charge is 0.369 e. The monoisotopic (exact) mass is 290 g/mol. The molecule has 0 radical (unpaired) electrons. The minimum absolute atomic E-state index is 0.0742. The topological polar surface area (TPSA) is 24.5 Å². The molecular weight excluding hydrogens is 260 g/mol. The Hall–Kier alpha value is -1.06. The molecule has 3 heteroatoms. The maximum Gasteiger partial charge on any atom is 0.0805 e. The fraction of sp³-hybridized carbons (Fsp3) is 0.667. The molecular formula is C18H30N2O. The minimum Gasteiger partial charge on any atom is -0.369 e. The lowest BCUT2D eigenvalue weighted by Gasteiger charge is -2.43. The summed E-state index contributed by atoms with van der Waals surface area (Å²) in [7, 11) is 0. The number of hydrogen-bond acceptors (Lipinski definition) is 3. The summed E-state index contributed by atoms with van der Waals surface area (Å²) in [5, 5.41) is 3.49. The molecule has 0 aromatic heterocycles. The van der Waals surface area contributed by atoms with E-state index in [0.717, 1.165) is 26.2 Å². The van der Waals surface area contributed by atoms with Crippen LogP contribution in [0.4, 0.5) is 5.69 Å². The molecule has 1 fully saturated rings. The van der Waals surface area contributed by atoms with Gasteiger partial charge in [-0.2, -0.15) is 0 Å². The van der Waals surface area contributed by atoms with Gasteiger partial charge in [-0.15, -0.1) is 0 Å². The summed E-state index contributed by atoms with van der Waals surface area (Å²) in [6.45, 7) is 14.9. The summed E-state index contributed by atoms with van der Waals surface area (Å²) in [6.07, 6.45) is 0.279. The van der Waals surface area contributed by atoms with E-state index in [-0.39, 0.29) is 11.7 Å². The number of benzene rings is 1. The number of ether oxygens (including phenoxy) is 1. The smallest absolute Gasteiger partial charge is 0.0805 e. The van der Waals surface area contributed by atoms with Crippen molar-refractivity contribution >= 4 is 5.69 Å². The lowest BCUT2D eigenvalue weighted by molar-refractivity contribution is -0.0749. The van der Waals surface area contributed by atoms with Crippen LogP contribution in [0.25, 0.3) is 0 Å². The predicted molar refractivity (Wildman–Crippen MR) is 89.8 cm³/mol. The molecule has 0 bridgehead atoms. The molecule has 1 N–H and O–H groups in total. The third-order valence-corrected chi connectivity index (χ3v) is 3.75. The van der Waals surface area contributed by atoms with Crippen molar-refractivity contribution in [1.82, 2.24) is 5.32 Å². The predicted octanol–water partition coefficient (Wildman–Crippen LogP) is 3.44. The molecule has 0 saturated carbocycles. The third-order valence-electron chi connectivity index (χ3n) is 3.75. The van der Waals surface area contributed by atoms with Crippen LogP contribution in [0.2, 0.25) is 0 Å². The van der Waals surface area contributed by atoms with E-state index in [1.807, 2.05) is 0 Å². The van der Waals surface area contributed by atoms with Gasteiger partial charge in [0.25, 0.3) is 0 Å². The van der Waals surface area contributed by atoms with E-state index in [2.05, 4.69) is 69.1 Å². The average molecular weight is 290 g/mol. The molecule has 1 aromatic rings. The van der Waals surface area contributed by atoms with Crippen molar-refractivity contribution in [1.29, 1.82) is 0 Å². The number of nitrogens with one attached hydrogen (secondary N) is 1. The Morgan fingerprint density at radius 3 is 2.52 bits per heavy atom. The van der Waals surface area contributed by atoms with Crippen LogP contribution in [0.15, 0.2) is 24.3 Å². The van der Waals surface area contributed by atoms with Gasteiger partial charge in [-0.1, -0.05) is 26.0 Å². The summed E-state index contributed by atoms with van der Waals surface area (Å²) < 4.78 is 5.97. The van der Waals surface area contributed by atoms with Crippen LogP contribution >= 0.6 is 0 Å². The second kappa shape index (κ2) is 6.80. The number of hydrogen-bond donors (Lipinski definition) is 1. The van der Waals surface area contributed by atoms with Crippen LogP contribution in [-0.2, 0) is 11.3 Å². The van der Waals surface area contributed by atoms with Gasteiger partial charge in [0, 0.05) is 25.3 Å². The quantitative estimate of drug-likeness (QED) is 0.899. The van der Waals surface area contributed by atoms with E-state index >= 15 is 0 Å². The van der Waals surface area contributed by atoms with Crippen molar-refractivity contribution in [2.75, 3.05) is 24.5 Å². The van der Waals surface area contributed by atoms with Gasteiger partial charge < -0.3 is 15.0 Å². The normalized spacial score (nSPS) is 21.8. The maximum atomic E-state index is 5.97. The first-order chi connectivity index (χ1) is 9.85. The SMILES string of the molecule is CC(C)CNCc1ccc(N2CC(C)OC(C)(C)C2)cc1. The minimum atomic E-state index is -0.0742. The van der Waals surface area contributed by atoms with Gasteiger partial charge in [0.2, 0.25) is 0 Å². The summed E-state index contributed by atoms with van der Waals surface area (Å²) in [6, 6.07) is 8.94. The highest BCUT2D eigenvalue weighted by Crippen LogP contribution is 2.26. The Morgan fingerprint density at radius 2 is 1.95 bits per heavy atom. The molecule has 0 amide bonds. The van der Waals surface area contributed by atoms with Crippen molar-refractivity contribution < 1.29 is 4.74 Å². The van der Waals surface area contributed by atoms with Crippen LogP contribution in [0, 0.1) is 5.92 Å². The first-order valence-electron chi connectivity index (χ1n) is 8.08. The first-order valence-corrected chi connectivity index (χ1v) is 8.08. The summed E-state index contributed by atoms with van der Waals surface area (Å²) in [5.41, 5.74) is 2.57. The molecule has 3 nitrogen and oxygen atoms in total. The second-order valence-electron chi connectivity index (χ2n) is 7.26. The summed E-state index contributed by atoms with van der Waals surface area (Å²) >= 11 is 0. The Kier molecular flexibility index (Phi) is 5.28. The standard InChI is InChI=1S/C18H30N2O/c1-14(2)10-19-11-16-6-8-17(9-7-16)20-12-15(3)21-18(4,5)13-20/h6-9,14-15,19H,10-13H2,1-5H3. The Bertz CT molecular complexity index is 439. The van der Waals surface area contributed by atoms with E-state index in [9.17, 15) is 0 Å². The van der Waals surface area contributed by atoms with Crippen molar-refractivity contribution in [3.05, 3.63) is 29.8 Å². The lowest BCUT2D eigenvalue weighted by atomic mass is 10.0. The molecule has 1 aliphatic rings. The molecule has 1 aliphatic heterocycles. The number of morpholine rings is 1. The molecule has 118 valence electrons. The van der Waals surface area contributed by atoms with Gasteiger partial charge in [0.15, 0.2) is 0 Å². The maximum absolute atomic E-state index is 5.97. The molecule has 0 aliphatic carbocycles. The Balaban J connectivity index is 1.95. The molecule has 1 atom stereocenters. The molecule has 1 unspecified atom stereocenters. The number of anilines is 1. The van der Waals surface area contributed by atoms with E-state index < -0.39 is 0 Å². The summed E-state index contributed by atoms with van der Waals surface area (Å²) in [4.78, 5) is 2.43. The molecule has 1 aromatic carbocycles.